The van der Waals surface area contributed by atoms with Gasteiger partial charge in [0.1, 0.15) is 5.75 Å². The molecule has 0 atom stereocenters. The average molecular weight is 297 g/mol. The Morgan fingerprint density at radius 2 is 1.77 bits per heavy atom. The largest absolute Gasteiger partial charge is 0.508 e. The number of benzene rings is 2. The van der Waals surface area contributed by atoms with E-state index >= 15 is 0 Å². The lowest BCUT2D eigenvalue weighted by atomic mass is 10.1. The molecule has 0 unspecified atom stereocenters. The maximum absolute atomic E-state index is 11.7. The summed E-state index contributed by atoms with van der Waals surface area (Å²) in [7, 11) is 3.96. The topological polar surface area (TPSA) is 64.9 Å². The van der Waals surface area contributed by atoms with Gasteiger partial charge in [-0.25, -0.2) is 5.43 Å². The SMILES string of the molecule is CN(C)c1ccc(/C=N\NC(=O)Cc2ccc(O)cc2)cc1. The Kier molecular flexibility index (Phi) is 5.14. The zero-order valence-corrected chi connectivity index (χ0v) is 12.7. The molecule has 114 valence electrons. The summed E-state index contributed by atoms with van der Waals surface area (Å²) in [5, 5.41) is 13.1. The fourth-order valence-corrected chi connectivity index (χ4v) is 1.88. The number of phenolic OH excluding ortho intramolecular Hbond substituents is 1. The van der Waals surface area contributed by atoms with Crippen LogP contribution in [0.25, 0.3) is 0 Å². The van der Waals surface area contributed by atoms with E-state index in [2.05, 4.69) is 10.5 Å². The molecule has 1 amide bonds. The van der Waals surface area contributed by atoms with Crippen LogP contribution in [0.3, 0.4) is 0 Å². The van der Waals surface area contributed by atoms with Crippen molar-refractivity contribution in [2.75, 3.05) is 19.0 Å². The van der Waals surface area contributed by atoms with E-state index < -0.39 is 0 Å². The van der Waals surface area contributed by atoms with E-state index in [0.717, 1.165) is 16.8 Å². The highest BCUT2D eigenvalue weighted by atomic mass is 16.3. The van der Waals surface area contributed by atoms with E-state index in [0.29, 0.717) is 0 Å². The second kappa shape index (κ2) is 7.26. The third kappa shape index (κ3) is 4.63. The number of carbonyl (C=O) groups is 1. The average Bonchev–Trinajstić information content (AvgIpc) is 2.50. The first-order chi connectivity index (χ1) is 10.5. The van der Waals surface area contributed by atoms with E-state index in [1.807, 2.05) is 43.3 Å². The molecule has 0 heterocycles. The smallest absolute Gasteiger partial charge is 0.244 e. The number of aromatic hydroxyl groups is 1. The molecule has 0 fully saturated rings. The number of rotatable bonds is 5. The highest BCUT2D eigenvalue weighted by molar-refractivity contribution is 5.83. The Morgan fingerprint density at radius 3 is 2.36 bits per heavy atom. The highest BCUT2D eigenvalue weighted by Gasteiger charge is 2.02. The molecule has 0 radical (unpaired) electrons. The summed E-state index contributed by atoms with van der Waals surface area (Å²) < 4.78 is 0. The third-order valence-corrected chi connectivity index (χ3v) is 3.11. The number of nitrogens with one attached hydrogen (secondary N) is 1. The van der Waals surface area contributed by atoms with Crippen molar-refractivity contribution in [3.05, 3.63) is 59.7 Å². The van der Waals surface area contributed by atoms with Crippen molar-refractivity contribution in [1.82, 2.24) is 5.43 Å². The monoisotopic (exact) mass is 297 g/mol. The molecule has 2 aromatic rings. The van der Waals surface area contributed by atoms with Crippen LogP contribution < -0.4 is 10.3 Å². The Hall–Kier alpha value is -2.82. The molecule has 0 aliphatic rings. The molecule has 0 aromatic heterocycles. The van der Waals surface area contributed by atoms with Gasteiger partial charge < -0.3 is 10.0 Å². The summed E-state index contributed by atoms with van der Waals surface area (Å²) >= 11 is 0. The minimum Gasteiger partial charge on any atom is -0.508 e. The normalized spacial score (nSPS) is 10.6. The van der Waals surface area contributed by atoms with Crippen LogP contribution in [0.2, 0.25) is 0 Å². The first-order valence-corrected chi connectivity index (χ1v) is 6.92. The van der Waals surface area contributed by atoms with Gasteiger partial charge in [-0.15, -0.1) is 0 Å². The fraction of sp³-hybridized carbons (Fsp3) is 0.176. The fourth-order valence-electron chi connectivity index (χ4n) is 1.88. The van der Waals surface area contributed by atoms with Gasteiger partial charge in [-0.2, -0.15) is 5.10 Å². The quantitative estimate of drug-likeness (QED) is 0.656. The Bertz CT molecular complexity index is 647. The summed E-state index contributed by atoms with van der Waals surface area (Å²) in [6, 6.07) is 14.4. The lowest BCUT2D eigenvalue weighted by molar-refractivity contribution is -0.120. The van der Waals surface area contributed by atoms with Gasteiger partial charge in [-0.3, -0.25) is 4.79 Å². The molecule has 22 heavy (non-hydrogen) atoms. The van der Waals surface area contributed by atoms with Gasteiger partial charge in [0.2, 0.25) is 5.91 Å². The van der Waals surface area contributed by atoms with Crippen molar-refractivity contribution in [3.8, 4) is 5.75 Å². The number of nitrogens with zero attached hydrogens (tertiary/aromatic N) is 2. The molecule has 0 bridgehead atoms. The summed E-state index contributed by atoms with van der Waals surface area (Å²) in [5.74, 6) is -0.0183. The second-order valence-electron chi connectivity index (χ2n) is 5.12. The Balaban J connectivity index is 1.86. The summed E-state index contributed by atoms with van der Waals surface area (Å²) in [6.45, 7) is 0. The molecule has 0 saturated carbocycles. The second-order valence-corrected chi connectivity index (χ2v) is 5.12. The maximum atomic E-state index is 11.7. The lowest BCUT2D eigenvalue weighted by Gasteiger charge is -2.11. The van der Waals surface area contributed by atoms with E-state index in [1.165, 1.54) is 0 Å². The van der Waals surface area contributed by atoms with Crippen LogP contribution in [-0.4, -0.2) is 31.3 Å². The molecule has 5 nitrogen and oxygen atoms in total. The molecule has 0 saturated heterocycles. The molecule has 5 heteroatoms. The number of hydrogen-bond acceptors (Lipinski definition) is 4. The zero-order valence-electron chi connectivity index (χ0n) is 12.7. The van der Waals surface area contributed by atoms with Gasteiger partial charge in [0, 0.05) is 19.8 Å². The predicted molar refractivity (Wildman–Crippen MR) is 88.3 cm³/mol. The highest BCUT2D eigenvalue weighted by Crippen LogP contribution is 2.11. The van der Waals surface area contributed by atoms with E-state index in [-0.39, 0.29) is 18.1 Å². The van der Waals surface area contributed by atoms with Crippen LogP contribution >= 0.6 is 0 Å². The van der Waals surface area contributed by atoms with Gasteiger partial charge in [0.25, 0.3) is 0 Å². The van der Waals surface area contributed by atoms with Crippen LogP contribution in [-0.2, 0) is 11.2 Å². The van der Waals surface area contributed by atoms with Crippen LogP contribution in [0.5, 0.6) is 5.75 Å². The number of carbonyl (C=O) groups excluding carboxylic acids is 1. The van der Waals surface area contributed by atoms with Gasteiger partial charge in [-0.1, -0.05) is 24.3 Å². The van der Waals surface area contributed by atoms with E-state index in [9.17, 15) is 9.90 Å². The molecule has 2 rings (SSSR count). The first kappa shape index (κ1) is 15.6. The number of hydrazone groups is 1. The molecular formula is C17H19N3O2. The molecule has 2 N–H and O–H groups in total. The standard InChI is InChI=1S/C17H19N3O2/c1-20(2)15-7-3-14(4-8-15)12-18-19-17(22)11-13-5-9-16(21)10-6-13/h3-10,12,21H,11H2,1-2H3,(H,19,22)/b18-12-. The van der Waals surface area contributed by atoms with Gasteiger partial charge in [-0.05, 0) is 35.4 Å². The van der Waals surface area contributed by atoms with E-state index in [4.69, 9.17) is 0 Å². The minimum absolute atomic E-state index is 0.184. The zero-order chi connectivity index (χ0) is 15.9. The van der Waals surface area contributed by atoms with Gasteiger partial charge >= 0.3 is 0 Å². The van der Waals surface area contributed by atoms with Crippen molar-refractivity contribution in [2.45, 2.75) is 6.42 Å². The number of amides is 1. The van der Waals surface area contributed by atoms with Crippen molar-refractivity contribution >= 4 is 17.8 Å². The van der Waals surface area contributed by atoms with Crippen molar-refractivity contribution in [2.24, 2.45) is 5.10 Å². The summed E-state index contributed by atoms with van der Waals surface area (Å²) in [6.07, 6.45) is 1.82. The Labute approximate surface area is 129 Å². The predicted octanol–water partition coefficient (Wildman–Crippen LogP) is 2.15. The third-order valence-electron chi connectivity index (χ3n) is 3.11. The number of anilines is 1. The van der Waals surface area contributed by atoms with Crippen molar-refractivity contribution < 1.29 is 9.90 Å². The number of hydrogen-bond donors (Lipinski definition) is 2. The summed E-state index contributed by atoms with van der Waals surface area (Å²) in [5.41, 5.74) is 5.33. The molecule has 0 aliphatic carbocycles. The molecule has 0 spiro atoms. The van der Waals surface area contributed by atoms with Crippen LogP contribution in [0.15, 0.2) is 53.6 Å². The van der Waals surface area contributed by atoms with Crippen LogP contribution in [0.1, 0.15) is 11.1 Å². The maximum Gasteiger partial charge on any atom is 0.244 e. The molecule has 2 aromatic carbocycles. The van der Waals surface area contributed by atoms with Crippen LogP contribution in [0, 0.1) is 0 Å². The molecule has 0 aliphatic heterocycles. The van der Waals surface area contributed by atoms with Crippen LogP contribution in [0.4, 0.5) is 5.69 Å². The van der Waals surface area contributed by atoms with Gasteiger partial charge in [0.15, 0.2) is 0 Å². The van der Waals surface area contributed by atoms with Crippen molar-refractivity contribution in [3.63, 3.8) is 0 Å². The van der Waals surface area contributed by atoms with Gasteiger partial charge in [0.05, 0.1) is 12.6 Å². The summed E-state index contributed by atoms with van der Waals surface area (Å²) in [4.78, 5) is 13.8. The first-order valence-electron chi connectivity index (χ1n) is 6.92. The Morgan fingerprint density at radius 1 is 1.14 bits per heavy atom. The minimum atomic E-state index is -0.202. The van der Waals surface area contributed by atoms with Crippen molar-refractivity contribution in [1.29, 1.82) is 0 Å². The van der Waals surface area contributed by atoms with E-state index in [1.54, 1.807) is 30.5 Å². The number of phenols is 1. The lowest BCUT2D eigenvalue weighted by Crippen LogP contribution is -2.19. The molecular weight excluding hydrogens is 278 g/mol.